The van der Waals surface area contributed by atoms with Gasteiger partial charge in [0.15, 0.2) is 0 Å². The van der Waals surface area contributed by atoms with Crippen molar-refractivity contribution >= 4 is 5.91 Å². The molecule has 0 bridgehead atoms. The van der Waals surface area contributed by atoms with Crippen LogP contribution in [-0.4, -0.2) is 68.1 Å². The molecule has 156 valence electrons. The van der Waals surface area contributed by atoms with Gasteiger partial charge in [-0.25, -0.2) is 4.68 Å². The molecule has 2 aliphatic rings. The van der Waals surface area contributed by atoms with E-state index in [4.69, 9.17) is 4.74 Å². The Morgan fingerprint density at radius 3 is 2.73 bits per heavy atom. The average molecular weight is 406 g/mol. The van der Waals surface area contributed by atoms with E-state index in [0.717, 1.165) is 30.0 Å². The lowest BCUT2D eigenvalue weighted by molar-refractivity contribution is -0.137. The molecule has 0 spiro atoms. The fraction of sp³-hybridized carbons (Fsp3) is 0.409. The van der Waals surface area contributed by atoms with E-state index in [-0.39, 0.29) is 11.8 Å². The maximum Gasteiger partial charge on any atom is 0.233 e. The molecule has 5 rings (SSSR count). The summed E-state index contributed by atoms with van der Waals surface area (Å²) in [4.78, 5) is 17.6. The van der Waals surface area contributed by atoms with Crippen molar-refractivity contribution in [2.24, 2.45) is 7.05 Å². The van der Waals surface area contributed by atoms with Gasteiger partial charge in [0.1, 0.15) is 0 Å². The topological polar surface area (TPSA) is 68.4 Å². The van der Waals surface area contributed by atoms with Crippen LogP contribution < -0.4 is 0 Å². The van der Waals surface area contributed by atoms with Crippen molar-refractivity contribution < 1.29 is 9.53 Å². The predicted octanol–water partition coefficient (Wildman–Crippen LogP) is 1.56. The van der Waals surface area contributed by atoms with Crippen LogP contribution in [0.4, 0.5) is 0 Å². The smallest absolute Gasteiger partial charge is 0.233 e. The highest BCUT2D eigenvalue weighted by Gasteiger charge is 2.36. The summed E-state index contributed by atoms with van der Waals surface area (Å²) in [6.07, 6.45) is 5.76. The minimum absolute atomic E-state index is 0.164. The maximum atomic E-state index is 13.3. The lowest BCUT2D eigenvalue weighted by Gasteiger charge is -2.35. The van der Waals surface area contributed by atoms with Crippen LogP contribution in [0.1, 0.15) is 22.7 Å². The third kappa shape index (κ3) is 3.76. The first-order valence-corrected chi connectivity index (χ1v) is 10.4. The number of rotatable bonds is 4. The molecule has 1 amide bonds. The van der Waals surface area contributed by atoms with E-state index in [1.54, 1.807) is 6.20 Å². The zero-order valence-electron chi connectivity index (χ0n) is 17.1. The summed E-state index contributed by atoms with van der Waals surface area (Å²) in [5, 5.41) is 8.91. The number of aromatic nitrogens is 4. The Balaban J connectivity index is 1.34. The summed E-state index contributed by atoms with van der Waals surface area (Å²) in [5.41, 5.74) is 4.33. The number of morpholine rings is 1. The van der Waals surface area contributed by atoms with Crippen LogP contribution in [0.25, 0.3) is 5.69 Å². The second-order valence-corrected chi connectivity index (χ2v) is 7.99. The normalized spacial score (nSPS) is 19.6. The van der Waals surface area contributed by atoms with Crippen LogP contribution in [0.2, 0.25) is 0 Å². The lowest BCUT2D eigenvalue weighted by Crippen LogP contribution is -2.47. The van der Waals surface area contributed by atoms with Gasteiger partial charge in [-0.15, -0.1) is 0 Å². The molecule has 0 aliphatic carbocycles. The maximum absolute atomic E-state index is 13.3. The van der Waals surface area contributed by atoms with E-state index in [0.29, 0.717) is 32.8 Å². The number of benzene rings is 1. The number of amides is 1. The summed E-state index contributed by atoms with van der Waals surface area (Å²) < 4.78 is 9.09. The average Bonchev–Trinajstić information content (AvgIpc) is 3.43. The molecule has 3 aromatic rings. The molecule has 1 aromatic carbocycles. The summed E-state index contributed by atoms with van der Waals surface area (Å²) in [6.45, 7) is 4.82. The Morgan fingerprint density at radius 2 is 2.00 bits per heavy atom. The summed E-state index contributed by atoms with van der Waals surface area (Å²) in [5.74, 6) is -0.0617. The molecule has 2 aliphatic heterocycles. The first-order chi connectivity index (χ1) is 14.7. The monoisotopic (exact) mass is 406 g/mol. The van der Waals surface area contributed by atoms with Crippen LogP contribution in [-0.2, 0) is 29.7 Å². The van der Waals surface area contributed by atoms with E-state index >= 15 is 0 Å². The second kappa shape index (κ2) is 8.04. The van der Waals surface area contributed by atoms with Crippen molar-refractivity contribution in [3.05, 3.63) is 65.7 Å². The molecule has 0 saturated carbocycles. The highest BCUT2D eigenvalue weighted by molar-refractivity contribution is 5.84. The standard InChI is InChI=1S/C22H26N6O2/c1-25-14-18-15-26(13-17-3-5-19(6-4-17)28-8-2-7-23-28)16-20(21(18)24-25)22(29)27-9-11-30-12-10-27/h2-8,14,20H,9-13,15-16H2,1H3. The van der Waals surface area contributed by atoms with Crippen LogP contribution in [0, 0.1) is 0 Å². The number of aryl methyl sites for hydroxylation is 1. The third-order valence-corrected chi connectivity index (χ3v) is 5.83. The van der Waals surface area contributed by atoms with Gasteiger partial charge in [0.2, 0.25) is 5.91 Å². The summed E-state index contributed by atoms with van der Waals surface area (Å²) in [7, 11) is 1.92. The molecule has 1 fully saturated rings. The SMILES string of the molecule is Cn1cc2c(n1)C(C(=O)N1CCOCC1)CN(Cc1ccc(-n3cccn3)cc1)C2. The Morgan fingerprint density at radius 1 is 1.20 bits per heavy atom. The molecule has 0 radical (unpaired) electrons. The Hall–Kier alpha value is -2.97. The van der Waals surface area contributed by atoms with Crippen LogP contribution in [0.15, 0.2) is 48.9 Å². The van der Waals surface area contributed by atoms with Gasteiger partial charge in [0.25, 0.3) is 0 Å². The second-order valence-electron chi connectivity index (χ2n) is 7.99. The van der Waals surface area contributed by atoms with E-state index in [9.17, 15) is 4.79 Å². The first kappa shape index (κ1) is 19.0. The van der Waals surface area contributed by atoms with E-state index in [2.05, 4.69) is 39.4 Å². The Bertz CT molecular complexity index is 1000. The molecule has 8 nitrogen and oxygen atoms in total. The van der Waals surface area contributed by atoms with Crippen LogP contribution in [0.3, 0.4) is 0 Å². The predicted molar refractivity (Wildman–Crippen MR) is 111 cm³/mol. The van der Waals surface area contributed by atoms with Crippen molar-refractivity contribution in [1.29, 1.82) is 0 Å². The van der Waals surface area contributed by atoms with E-state index < -0.39 is 0 Å². The molecule has 1 atom stereocenters. The molecule has 0 N–H and O–H groups in total. The molecule has 30 heavy (non-hydrogen) atoms. The minimum Gasteiger partial charge on any atom is -0.378 e. The number of carbonyl (C=O) groups excluding carboxylic acids is 1. The van der Waals surface area contributed by atoms with Gasteiger partial charge in [-0.05, 0) is 23.8 Å². The van der Waals surface area contributed by atoms with Crippen molar-refractivity contribution in [2.45, 2.75) is 19.0 Å². The van der Waals surface area contributed by atoms with Gasteiger partial charge in [0.05, 0.1) is 30.5 Å². The third-order valence-electron chi connectivity index (χ3n) is 5.83. The van der Waals surface area contributed by atoms with Gasteiger partial charge < -0.3 is 9.64 Å². The number of hydrogen-bond acceptors (Lipinski definition) is 5. The molecule has 2 aromatic heterocycles. The first-order valence-electron chi connectivity index (χ1n) is 10.4. The van der Waals surface area contributed by atoms with E-state index in [1.165, 1.54) is 5.56 Å². The number of nitrogens with zero attached hydrogens (tertiary/aromatic N) is 6. The van der Waals surface area contributed by atoms with Crippen LogP contribution in [0.5, 0.6) is 0 Å². The summed E-state index contributed by atoms with van der Waals surface area (Å²) in [6, 6.07) is 10.3. The largest absolute Gasteiger partial charge is 0.378 e. The fourth-order valence-corrected chi connectivity index (χ4v) is 4.37. The van der Waals surface area contributed by atoms with Gasteiger partial charge in [-0.3, -0.25) is 14.4 Å². The highest BCUT2D eigenvalue weighted by Crippen LogP contribution is 2.30. The molecule has 4 heterocycles. The zero-order chi connectivity index (χ0) is 20.5. The molecule has 8 heteroatoms. The molecular weight excluding hydrogens is 380 g/mol. The quantitative estimate of drug-likeness (QED) is 0.658. The Labute approximate surface area is 175 Å². The Kier molecular flexibility index (Phi) is 5.10. The molecule has 1 unspecified atom stereocenters. The van der Waals surface area contributed by atoms with Gasteiger partial charge >= 0.3 is 0 Å². The van der Waals surface area contributed by atoms with Crippen LogP contribution >= 0.6 is 0 Å². The number of ether oxygens (including phenoxy) is 1. The minimum atomic E-state index is -0.226. The zero-order valence-corrected chi connectivity index (χ0v) is 17.1. The number of fused-ring (bicyclic) bond motifs is 1. The molecular formula is C22H26N6O2. The lowest BCUT2D eigenvalue weighted by atomic mass is 9.94. The van der Waals surface area contributed by atoms with Gasteiger partial charge in [-0.1, -0.05) is 12.1 Å². The van der Waals surface area contributed by atoms with Crippen molar-refractivity contribution in [2.75, 3.05) is 32.8 Å². The molecule has 1 saturated heterocycles. The fourth-order valence-electron chi connectivity index (χ4n) is 4.37. The van der Waals surface area contributed by atoms with Crippen molar-refractivity contribution in [3.63, 3.8) is 0 Å². The number of carbonyl (C=O) groups is 1. The highest BCUT2D eigenvalue weighted by atomic mass is 16.5. The summed E-state index contributed by atoms with van der Waals surface area (Å²) >= 11 is 0. The van der Waals surface area contributed by atoms with Gasteiger partial charge in [0, 0.05) is 63.9 Å². The van der Waals surface area contributed by atoms with Gasteiger partial charge in [-0.2, -0.15) is 10.2 Å². The van der Waals surface area contributed by atoms with E-state index in [1.807, 2.05) is 39.8 Å². The number of hydrogen-bond donors (Lipinski definition) is 0. The van der Waals surface area contributed by atoms with Crippen molar-refractivity contribution in [3.8, 4) is 5.69 Å². The van der Waals surface area contributed by atoms with Crippen molar-refractivity contribution in [1.82, 2.24) is 29.4 Å².